The first-order chi connectivity index (χ1) is 9.95. The van der Waals surface area contributed by atoms with Crippen molar-refractivity contribution in [1.82, 2.24) is 5.32 Å². The van der Waals surface area contributed by atoms with Gasteiger partial charge >= 0.3 is 6.18 Å². The van der Waals surface area contributed by atoms with Crippen molar-refractivity contribution < 1.29 is 13.2 Å². The molecule has 0 radical (unpaired) electrons. The van der Waals surface area contributed by atoms with Crippen molar-refractivity contribution >= 4 is 11.6 Å². The topological polar surface area (TPSA) is 12.0 Å². The lowest BCUT2D eigenvalue weighted by Crippen LogP contribution is -2.37. The Hall–Kier alpha value is -0.740. The first-order valence-corrected chi connectivity index (χ1v) is 7.91. The molecule has 2 rings (SSSR count). The Morgan fingerprint density at radius 2 is 1.86 bits per heavy atom. The third kappa shape index (κ3) is 4.62. The molecule has 0 unspecified atom stereocenters. The van der Waals surface area contributed by atoms with Crippen molar-refractivity contribution in [2.45, 2.75) is 44.8 Å². The highest BCUT2D eigenvalue weighted by molar-refractivity contribution is 6.18. The maximum Gasteiger partial charge on any atom is 0.416 e. The van der Waals surface area contributed by atoms with E-state index in [0.717, 1.165) is 25.5 Å². The average Bonchev–Trinajstić information content (AvgIpc) is 2.48. The Kier molecular flexibility index (Phi) is 5.55. The fourth-order valence-electron chi connectivity index (χ4n) is 2.99. The molecule has 0 saturated heterocycles. The van der Waals surface area contributed by atoms with Crippen LogP contribution in [-0.4, -0.2) is 12.4 Å². The van der Waals surface area contributed by atoms with Crippen LogP contribution in [0.2, 0.25) is 0 Å². The lowest BCUT2D eigenvalue weighted by atomic mass is 9.75. The van der Waals surface area contributed by atoms with Gasteiger partial charge in [-0.2, -0.15) is 13.2 Å². The van der Waals surface area contributed by atoms with Gasteiger partial charge < -0.3 is 5.32 Å². The standard InChI is InChI=1S/C16H21ClF3N/c17-11-15(7-2-1-3-8-15)12-21-10-13-5-4-6-14(9-13)16(18,19)20/h4-6,9,21H,1-3,7-8,10-12H2. The zero-order valence-corrected chi connectivity index (χ0v) is 12.7. The number of hydrogen-bond donors (Lipinski definition) is 1. The van der Waals surface area contributed by atoms with Gasteiger partial charge in [-0.25, -0.2) is 0 Å². The van der Waals surface area contributed by atoms with E-state index >= 15 is 0 Å². The minimum Gasteiger partial charge on any atom is -0.312 e. The molecule has 0 amide bonds. The summed E-state index contributed by atoms with van der Waals surface area (Å²) in [7, 11) is 0. The summed E-state index contributed by atoms with van der Waals surface area (Å²) in [5.74, 6) is 0.614. The van der Waals surface area contributed by atoms with Crippen LogP contribution in [0.3, 0.4) is 0 Å². The summed E-state index contributed by atoms with van der Waals surface area (Å²) >= 11 is 6.12. The molecule has 1 aliphatic carbocycles. The molecule has 118 valence electrons. The molecule has 0 aromatic heterocycles. The molecule has 1 saturated carbocycles. The van der Waals surface area contributed by atoms with E-state index in [0.29, 0.717) is 18.0 Å². The largest absolute Gasteiger partial charge is 0.416 e. The van der Waals surface area contributed by atoms with Crippen LogP contribution in [0.25, 0.3) is 0 Å². The molecule has 1 fully saturated rings. The summed E-state index contributed by atoms with van der Waals surface area (Å²) in [4.78, 5) is 0. The molecular formula is C16H21ClF3N. The highest BCUT2D eigenvalue weighted by Gasteiger charge is 2.31. The predicted octanol–water partition coefficient (Wildman–Crippen LogP) is 4.98. The molecule has 1 aliphatic rings. The highest BCUT2D eigenvalue weighted by atomic mass is 35.5. The fraction of sp³-hybridized carbons (Fsp3) is 0.625. The molecule has 1 aromatic rings. The van der Waals surface area contributed by atoms with E-state index in [9.17, 15) is 13.2 Å². The van der Waals surface area contributed by atoms with Crippen molar-refractivity contribution in [2.75, 3.05) is 12.4 Å². The van der Waals surface area contributed by atoms with E-state index in [1.165, 1.54) is 31.4 Å². The molecule has 21 heavy (non-hydrogen) atoms. The lowest BCUT2D eigenvalue weighted by Gasteiger charge is -2.35. The number of nitrogens with one attached hydrogen (secondary N) is 1. The van der Waals surface area contributed by atoms with Crippen LogP contribution < -0.4 is 5.32 Å². The van der Waals surface area contributed by atoms with Crippen molar-refractivity contribution in [3.8, 4) is 0 Å². The molecular weight excluding hydrogens is 299 g/mol. The van der Waals surface area contributed by atoms with Crippen molar-refractivity contribution in [3.05, 3.63) is 35.4 Å². The Morgan fingerprint density at radius 1 is 1.14 bits per heavy atom. The summed E-state index contributed by atoms with van der Waals surface area (Å²) < 4.78 is 38.0. The van der Waals surface area contributed by atoms with Gasteiger partial charge in [0.25, 0.3) is 0 Å². The van der Waals surface area contributed by atoms with Crippen LogP contribution in [0, 0.1) is 5.41 Å². The molecule has 5 heteroatoms. The molecule has 1 aromatic carbocycles. The van der Waals surface area contributed by atoms with Gasteiger partial charge in [0.05, 0.1) is 5.56 Å². The summed E-state index contributed by atoms with van der Waals surface area (Å²) in [5.41, 5.74) is 0.179. The molecule has 0 aliphatic heterocycles. The molecule has 0 spiro atoms. The Bertz CT molecular complexity index is 453. The minimum absolute atomic E-state index is 0.113. The maximum atomic E-state index is 12.7. The van der Waals surface area contributed by atoms with Gasteiger partial charge in [0.1, 0.15) is 0 Å². The normalized spacial score (nSPS) is 18.7. The van der Waals surface area contributed by atoms with Crippen LogP contribution in [0.5, 0.6) is 0 Å². The Morgan fingerprint density at radius 3 is 2.48 bits per heavy atom. The quantitative estimate of drug-likeness (QED) is 0.754. The van der Waals surface area contributed by atoms with Gasteiger partial charge in [-0.05, 0) is 29.9 Å². The van der Waals surface area contributed by atoms with E-state index < -0.39 is 11.7 Å². The van der Waals surface area contributed by atoms with Gasteiger partial charge in [-0.15, -0.1) is 11.6 Å². The van der Waals surface area contributed by atoms with Crippen LogP contribution in [0.15, 0.2) is 24.3 Å². The second-order valence-corrected chi connectivity index (χ2v) is 6.26. The smallest absolute Gasteiger partial charge is 0.312 e. The van der Waals surface area contributed by atoms with Crippen LogP contribution >= 0.6 is 11.6 Å². The number of benzene rings is 1. The van der Waals surface area contributed by atoms with Crippen molar-refractivity contribution in [1.29, 1.82) is 0 Å². The first kappa shape index (κ1) is 16.6. The number of alkyl halides is 4. The summed E-state index contributed by atoms with van der Waals surface area (Å²) in [6.45, 7) is 1.22. The molecule has 0 atom stereocenters. The highest BCUT2D eigenvalue weighted by Crippen LogP contribution is 2.36. The second kappa shape index (κ2) is 7.01. The number of rotatable bonds is 5. The van der Waals surface area contributed by atoms with Crippen LogP contribution in [0.1, 0.15) is 43.2 Å². The van der Waals surface area contributed by atoms with E-state index in [4.69, 9.17) is 11.6 Å². The maximum absolute atomic E-state index is 12.7. The molecule has 0 bridgehead atoms. The summed E-state index contributed by atoms with van der Waals surface area (Å²) in [6, 6.07) is 5.49. The predicted molar refractivity (Wildman–Crippen MR) is 79.4 cm³/mol. The van der Waals surface area contributed by atoms with Crippen LogP contribution in [0.4, 0.5) is 13.2 Å². The van der Waals surface area contributed by atoms with Gasteiger partial charge in [0.2, 0.25) is 0 Å². The van der Waals surface area contributed by atoms with Crippen LogP contribution in [-0.2, 0) is 12.7 Å². The van der Waals surface area contributed by atoms with Gasteiger partial charge in [0.15, 0.2) is 0 Å². The fourth-order valence-corrected chi connectivity index (χ4v) is 3.35. The third-order valence-corrected chi connectivity index (χ3v) is 4.85. The van der Waals surface area contributed by atoms with E-state index in [1.54, 1.807) is 6.07 Å². The molecule has 1 nitrogen and oxygen atoms in total. The van der Waals surface area contributed by atoms with E-state index in [-0.39, 0.29) is 5.41 Å². The van der Waals surface area contributed by atoms with Crippen molar-refractivity contribution in [3.63, 3.8) is 0 Å². The molecule has 1 N–H and O–H groups in total. The molecule has 0 heterocycles. The average molecular weight is 320 g/mol. The summed E-state index contributed by atoms with van der Waals surface area (Å²) in [6.07, 6.45) is 1.57. The van der Waals surface area contributed by atoms with E-state index in [1.807, 2.05) is 0 Å². The number of halogens is 4. The minimum atomic E-state index is -4.28. The van der Waals surface area contributed by atoms with Gasteiger partial charge in [0, 0.05) is 19.0 Å². The van der Waals surface area contributed by atoms with E-state index in [2.05, 4.69) is 5.32 Å². The van der Waals surface area contributed by atoms with Gasteiger partial charge in [-0.3, -0.25) is 0 Å². The third-order valence-electron chi connectivity index (χ3n) is 4.28. The summed E-state index contributed by atoms with van der Waals surface area (Å²) in [5, 5.41) is 3.29. The lowest BCUT2D eigenvalue weighted by molar-refractivity contribution is -0.137. The zero-order valence-electron chi connectivity index (χ0n) is 12.0. The first-order valence-electron chi connectivity index (χ1n) is 7.38. The zero-order chi connectivity index (χ0) is 15.3. The Balaban J connectivity index is 1.91. The monoisotopic (exact) mass is 319 g/mol. The van der Waals surface area contributed by atoms with Crippen molar-refractivity contribution in [2.24, 2.45) is 5.41 Å². The SMILES string of the molecule is FC(F)(F)c1cccc(CNCC2(CCl)CCCCC2)c1. The Labute approximate surface area is 128 Å². The second-order valence-electron chi connectivity index (χ2n) is 6.00. The number of hydrogen-bond acceptors (Lipinski definition) is 1. The van der Waals surface area contributed by atoms with Gasteiger partial charge in [-0.1, -0.05) is 37.5 Å².